The van der Waals surface area contributed by atoms with Gasteiger partial charge in [0.15, 0.2) is 11.0 Å². The number of halogens is 3. The van der Waals surface area contributed by atoms with Crippen LogP contribution in [0.5, 0.6) is 0 Å². The molecule has 10 heteroatoms. The highest BCUT2D eigenvalue weighted by molar-refractivity contribution is 7.99. The van der Waals surface area contributed by atoms with Gasteiger partial charge in [0.25, 0.3) is 0 Å². The van der Waals surface area contributed by atoms with Gasteiger partial charge in [-0.25, -0.2) is 4.98 Å². The van der Waals surface area contributed by atoms with Crippen molar-refractivity contribution in [2.24, 2.45) is 5.73 Å². The van der Waals surface area contributed by atoms with Gasteiger partial charge in [0, 0.05) is 22.8 Å². The molecule has 1 amide bonds. The topological polar surface area (TPSA) is 86.7 Å². The summed E-state index contributed by atoms with van der Waals surface area (Å²) in [7, 11) is 0. The van der Waals surface area contributed by atoms with Crippen molar-refractivity contribution < 1.29 is 4.79 Å². The summed E-state index contributed by atoms with van der Waals surface area (Å²) in [5, 5.41) is 11.0. The normalized spacial score (nSPS) is 11.2. The van der Waals surface area contributed by atoms with Crippen LogP contribution in [0.15, 0.2) is 40.6 Å². The van der Waals surface area contributed by atoms with Gasteiger partial charge in [-0.2, -0.15) is 0 Å². The molecule has 2 N–H and O–H groups in total. The van der Waals surface area contributed by atoms with Crippen LogP contribution in [0.3, 0.4) is 0 Å². The molecule has 0 unspecified atom stereocenters. The molecule has 0 saturated carbocycles. The van der Waals surface area contributed by atoms with Crippen molar-refractivity contribution in [3.63, 3.8) is 0 Å². The summed E-state index contributed by atoms with van der Waals surface area (Å²) in [5.74, 6) is 0.0185. The zero-order valence-electron chi connectivity index (χ0n) is 14.3. The summed E-state index contributed by atoms with van der Waals surface area (Å²) in [5.41, 5.74) is 6.21. The van der Waals surface area contributed by atoms with Crippen LogP contribution in [0, 0.1) is 0 Å². The van der Waals surface area contributed by atoms with E-state index in [1.807, 2.05) is 18.4 Å². The Morgan fingerprint density at radius 2 is 1.89 bits per heavy atom. The van der Waals surface area contributed by atoms with Crippen LogP contribution in [0.25, 0.3) is 11.4 Å². The zero-order chi connectivity index (χ0) is 19.7. The summed E-state index contributed by atoms with van der Waals surface area (Å²) in [4.78, 5) is 15.5. The molecule has 0 radical (unpaired) electrons. The Balaban J connectivity index is 2.03. The van der Waals surface area contributed by atoms with Crippen molar-refractivity contribution in [3.8, 4) is 11.4 Å². The average Bonchev–Trinajstić information content (AvgIpc) is 3.00. The van der Waals surface area contributed by atoms with Crippen LogP contribution in [0.2, 0.25) is 15.1 Å². The fourth-order valence-electron chi connectivity index (χ4n) is 2.39. The molecular weight excluding hydrogens is 429 g/mol. The highest BCUT2D eigenvalue weighted by Gasteiger charge is 2.21. The molecule has 6 nitrogen and oxygen atoms in total. The third-order valence-corrected chi connectivity index (χ3v) is 5.56. The molecule has 0 aliphatic heterocycles. The highest BCUT2D eigenvalue weighted by Crippen LogP contribution is 2.36. The number of aromatic nitrogens is 4. The SMILES string of the molecule is CC(C)n1c(Sc2ncc(C(N)=O)cc2Cl)nnc1-c1ccc(Cl)cc1Cl. The number of carbonyl (C=O) groups is 1. The van der Waals surface area contributed by atoms with E-state index in [0.29, 0.717) is 31.1 Å². The van der Waals surface area contributed by atoms with Crippen molar-refractivity contribution in [2.75, 3.05) is 0 Å². The fraction of sp³-hybridized carbons (Fsp3) is 0.176. The van der Waals surface area contributed by atoms with E-state index in [-0.39, 0.29) is 11.6 Å². The lowest BCUT2D eigenvalue weighted by Gasteiger charge is -2.14. The molecule has 140 valence electrons. The van der Waals surface area contributed by atoms with E-state index < -0.39 is 5.91 Å². The Bertz CT molecular complexity index is 1020. The molecule has 2 aromatic heterocycles. The van der Waals surface area contributed by atoms with Crippen molar-refractivity contribution in [1.29, 1.82) is 0 Å². The minimum Gasteiger partial charge on any atom is -0.366 e. The Kier molecular flexibility index (Phi) is 5.95. The monoisotopic (exact) mass is 441 g/mol. The molecular formula is C17H14Cl3N5OS. The number of hydrogen-bond acceptors (Lipinski definition) is 5. The maximum Gasteiger partial charge on any atom is 0.250 e. The number of hydrogen-bond donors (Lipinski definition) is 1. The van der Waals surface area contributed by atoms with Crippen LogP contribution < -0.4 is 5.73 Å². The number of amides is 1. The second-order valence-corrected chi connectivity index (χ2v) is 8.08. The lowest BCUT2D eigenvalue weighted by molar-refractivity contribution is 0.1000. The molecule has 0 bridgehead atoms. The Morgan fingerprint density at radius 1 is 1.15 bits per heavy atom. The minimum atomic E-state index is -0.592. The molecule has 0 atom stereocenters. The van der Waals surface area contributed by atoms with E-state index in [9.17, 15) is 4.79 Å². The maximum atomic E-state index is 11.3. The van der Waals surface area contributed by atoms with Crippen LogP contribution in [0.4, 0.5) is 0 Å². The first-order chi connectivity index (χ1) is 12.8. The first kappa shape index (κ1) is 19.9. The quantitative estimate of drug-likeness (QED) is 0.592. The summed E-state index contributed by atoms with van der Waals surface area (Å²) < 4.78 is 1.93. The third kappa shape index (κ3) is 4.21. The molecule has 2 heterocycles. The lowest BCUT2D eigenvalue weighted by Crippen LogP contribution is -2.11. The van der Waals surface area contributed by atoms with Crippen molar-refractivity contribution in [2.45, 2.75) is 30.1 Å². The predicted octanol–water partition coefficient (Wildman–Crippen LogP) is 5.13. The summed E-state index contributed by atoms with van der Waals surface area (Å²) in [6.45, 7) is 4.01. The lowest BCUT2D eigenvalue weighted by atomic mass is 10.2. The van der Waals surface area contributed by atoms with Crippen molar-refractivity contribution >= 4 is 52.5 Å². The predicted molar refractivity (Wildman–Crippen MR) is 108 cm³/mol. The molecule has 1 aromatic carbocycles. The molecule has 0 fully saturated rings. The minimum absolute atomic E-state index is 0.0490. The standard InChI is InChI=1S/C17H14Cl3N5OS/c1-8(2)25-15(11-4-3-10(18)6-12(11)19)23-24-17(25)27-16-13(20)5-9(7-22-16)14(21)26/h3-8H,1-2H3,(H2,21,26). The third-order valence-electron chi connectivity index (χ3n) is 3.63. The maximum absolute atomic E-state index is 11.3. The van der Waals surface area contributed by atoms with Crippen LogP contribution in [0.1, 0.15) is 30.2 Å². The Hall–Kier alpha value is -1.80. The summed E-state index contributed by atoms with van der Waals surface area (Å²) in [6, 6.07) is 6.73. The number of nitrogens with two attached hydrogens (primary N) is 1. The second-order valence-electron chi connectivity index (χ2n) is 5.87. The van der Waals surface area contributed by atoms with Gasteiger partial charge in [0.1, 0.15) is 5.03 Å². The molecule has 0 aliphatic rings. The average molecular weight is 443 g/mol. The molecule has 3 aromatic rings. The van der Waals surface area contributed by atoms with Crippen molar-refractivity contribution in [1.82, 2.24) is 19.7 Å². The van der Waals surface area contributed by atoms with E-state index in [1.54, 1.807) is 18.2 Å². The summed E-state index contributed by atoms with van der Waals surface area (Å²) >= 11 is 19.8. The van der Waals surface area contributed by atoms with E-state index in [4.69, 9.17) is 40.5 Å². The number of carbonyl (C=O) groups excluding carboxylic acids is 1. The number of benzene rings is 1. The van der Waals surface area contributed by atoms with E-state index in [2.05, 4.69) is 15.2 Å². The number of rotatable bonds is 5. The van der Waals surface area contributed by atoms with Gasteiger partial charge in [0.05, 0.1) is 15.6 Å². The second kappa shape index (κ2) is 8.06. The fourth-order valence-corrected chi connectivity index (χ4v) is 4.08. The van der Waals surface area contributed by atoms with Gasteiger partial charge in [-0.1, -0.05) is 34.8 Å². The number of pyridine rings is 1. The van der Waals surface area contributed by atoms with Gasteiger partial charge < -0.3 is 5.73 Å². The highest BCUT2D eigenvalue weighted by atomic mass is 35.5. The molecule has 0 aliphatic carbocycles. The smallest absolute Gasteiger partial charge is 0.250 e. The first-order valence-electron chi connectivity index (χ1n) is 7.81. The van der Waals surface area contributed by atoms with E-state index >= 15 is 0 Å². The largest absolute Gasteiger partial charge is 0.366 e. The van der Waals surface area contributed by atoms with E-state index in [1.165, 1.54) is 24.0 Å². The number of primary amides is 1. The molecule has 3 rings (SSSR count). The van der Waals surface area contributed by atoms with Gasteiger partial charge in [-0.15, -0.1) is 10.2 Å². The van der Waals surface area contributed by atoms with Crippen LogP contribution >= 0.6 is 46.6 Å². The Morgan fingerprint density at radius 3 is 2.48 bits per heavy atom. The number of nitrogens with zero attached hydrogens (tertiary/aromatic N) is 4. The van der Waals surface area contributed by atoms with E-state index in [0.717, 1.165) is 5.56 Å². The zero-order valence-corrected chi connectivity index (χ0v) is 17.4. The van der Waals surface area contributed by atoms with Gasteiger partial charge >= 0.3 is 0 Å². The van der Waals surface area contributed by atoms with Crippen LogP contribution in [-0.4, -0.2) is 25.7 Å². The summed E-state index contributed by atoms with van der Waals surface area (Å²) in [6.07, 6.45) is 1.38. The van der Waals surface area contributed by atoms with Gasteiger partial charge in [-0.3, -0.25) is 9.36 Å². The molecule has 0 spiro atoms. The van der Waals surface area contributed by atoms with Crippen LogP contribution in [-0.2, 0) is 0 Å². The molecule has 0 saturated heterocycles. The Labute approximate surface area is 175 Å². The van der Waals surface area contributed by atoms with Crippen molar-refractivity contribution in [3.05, 3.63) is 51.1 Å². The first-order valence-corrected chi connectivity index (χ1v) is 9.76. The van der Waals surface area contributed by atoms with Gasteiger partial charge in [-0.05, 0) is 49.9 Å². The van der Waals surface area contributed by atoms with Gasteiger partial charge in [0.2, 0.25) is 5.91 Å². The molecule has 27 heavy (non-hydrogen) atoms.